The van der Waals surface area contributed by atoms with E-state index in [4.69, 9.17) is 0 Å². The number of fused-ring (bicyclic) bond motifs is 1. The van der Waals surface area contributed by atoms with Crippen LogP contribution in [-0.2, 0) is 0 Å². The first-order valence-corrected chi connectivity index (χ1v) is 5.26. The fourth-order valence-corrected chi connectivity index (χ4v) is 2.05. The van der Waals surface area contributed by atoms with Crippen LogP contribution >= 0.6 is 0 Å². The number of Topliss-reactive ketones (excluding diaryl/α,β-unsaturated/α-hetero) is 1. The molecule has 1 aliphatic heterocycles. The Balaban J connectivity index is 2.56. The minimum Gasteiger partial charge on any atom is -0.452 e. The summed E-state index contributed by atoms with van der Waals surface area (Å²) in [5, 5.41) is 9.44. The van der Waals surface area contributed by atoms with Gasteiger partial charge in [-0.2, -0.15) is 13.2 Å². The Morgan fingerprint density at radius 2 is 1.94 bits per heavy atom. The van der Waals surface area contributed by atoms with E-state index in [2.05, 4.69) is 4.74 Å². The maximum atomic E-state index is 12.7. The number of carbonyl (C=O) groups excluding carboxylic acids is 1. The summed E-state index contributed by atoms with van der Waals surface area (Å²) in [7, 11) is 0. The van der Waals surface area contributed by atoms with Crippen LogP contribution in [0.1, 0.15) is 27.9 Å². The molecular formula is C12H11F3O3. The number of halogens is 3. The van der Waals surface area contributed by atoms with Gasteiger partial charge in [-0.05, 0) is 31.0 Å². The summed E-state index contributed by atoms with van der Waals surface area (Å²) in [6.45, 7) is 3.29. The molecular weight excluding hydrogens is 249 g/mol. The van der Waals surface area contributed by atoms with Crippen molar-refractivity contribution in [3.05, 3.63) is 28.8 Å². The zero-order valence-corrected chi connectivity index (χ0v) is 9.76. The van der Waals surface area contributed by atoms with E-state index in [1.807, 2.05) is 0 Å². The quantitative estimate of drug-likeness (QED) is 0.779. The third-order valence-corrected chi connectivity index (χ3v) is 2.84. The lowest BCUT2D eigenvalue weighted by Crippen LogP contribution is -2.54. The minimum absolute atomic E-state index is 0.106. The molecule has 0 aromatic heterocycles. The van der Waals surface area contributed by atoms with Crippen molar-refractivity contribution in [2.24, 2.45) is 0 Å². The Bertz CT molecular complexity index is 522. The second-order valence-electron chi connectivity index (χ2n) is 4.44. The molecule has 0 fully saturated rings. The van der Waals surface area contributed by atoms with Crippen LogP contribution in [0.4, 0.5) is 13.2 Å². The van der Waals surface area contributed by atoms with Gasteiger partial charge in [-0.15, -0.1) is 0 Å². The van der Waals surface area contributed by atoms with Crippen molar-refractivity contribution in [2.75, 3.05) is 0 Å². The van der Waals surface area contributed by atoms with Crippen molar-refractivity contribution < 1.29 is 27.8 Å². The molecule has 6 heteroatoms. The van der Waals surface area contributed by atoms with E-state index in [1.54, 1.807) is 19.9 Å². The first kappa shape index (κ1) is 12.9. The Labute approximate surface area is 101 Å². The largest absolute Gasteiger partial charge is 0.455 e. The van der Waals surface area contributed by atoms with Crippen LogP contribution in [0, 0.1) is 13.8 Å². The normalized spacial score (nSPS) is 23.6. The maximum absolute atomic E-state index is 12.7. The first-order chi connectivity index (χ1) is 8.14. The molecule has 0 amide bonds. The topological polar surface area (TPSA) is 46.5 Å². The van der Waals surface area contributed by atoms with Gasteiger partial charge in [0.25, 0.3) is 0 Å². The van der Waals surface area contributed by atoms with Gasteiger partial charge in [0.15, 0.2) is 5.78 Å². The number of ether oxygens (including phenoxy) is 1. The molecule has 1 atom stereocenters. The second-order valence-corrected chi connectivity index (χ2v) is 4.44. The molecule has 3 nitrogen and oxygen atoms in total. The average molecular weight is 260 g/mol. The molecule has 0 bridgehead atoms. The van der Waals surface area contributed by atoms with Crippen LogP contribution < -0.4 is 4.74 Å². The Morgan fingerprint density at radius 1 is 1.33 bits per heavy atom. The molecule has 1 aromatic rings. The molecule has 2 rings (SSSR count). The van der Waals surface area contributed by atoms with Crippen LogP contribution in [-0.4, -0.2) is 22.9 Å². The number of aliphatic hydroxyl groups is 1. The number of ketones is 1. The predicted molar refractivity (Wildman–Crippen MR) is 56.5 cm³/mol. The summed E-state index contributed by atoms with van der Waals surface area (Å²) in [4.78, 5) is 11.7. The molecule has 0 unspecified atom stereocenters. The smallest absolute Gasteiger partial charge is 0.452 e. The number of rotatable bonds is 0. The number of alkyl halides is 3. The van der Waals surface area contributed by atoms with Gasteiger partial charge in [0, 0.05) is 0 Å². The highest BCUT2D eigenvalue weighted by molar-refractivity contribution is 6.01. The Morgan fingerprint density at radius 3 is 2.50 bits per heavy atom. The van der Waals surface area contributed by atoms with E-state index in [0.29, 0.717) is 11.1 Å². The minimum atomic E-state index is -5.02. The monoisotopic (exact) mass is 260 g/mol. The van der Waals surface area contributed by atoms with E-state index in [9.17, 15) is 23.1 Å². The van der Waals surface area contributed by atoms with Gasteiger partial charge < -0.3 is 9.84 Å². The summed E-state index contributed by atoms with van der Waals surface area (Å²) in [6, 6.07) is 2.99. The number of hydrogen-bond acceptors (Lipinski definition) is 3. The van der Waals surface area contributed by atoms with Crippen molar-refractivity contribution in [3.8, 4) is 5.75 Å². The van der Waals surface area contributed by atoms with E-state index in [1.165, 1.54) is 6.07 Å². The maximum Gasteiger partial charge on any atom is 0.455 e. The fourth-order valence-electron chi connectivity index (χ4n) is 2.05. The molecule has 0 saturated carbocycles. The predicted octanol–water partition coefficient (Wildman–Crippen LogP) is 2.52. The van der Waals surface area contributed by atoms with Gasteiger partial charge in [-0.25, -0.2) is 0 Å². The lowest BCUT2D eigenvalue weighted by atomic mass is 9.93. The van der Waals surface area contributed by atoms with Crippen molar-refractivity contribution in [2.45, 2.75) is 32.2 Å². The van der Waals surface area contributed by atoms with Crippen LogP contribution in [0.15, 0.2) is 12.1 Å². The molecule has 1 N–H and O–H groups in total. The van der Waals surface area contributed by atoms with Crippen molar-refractivity contribution in [1.29, 1.82) is 0 Å². The Kier molecular flexibility index (Phi) is 2.66. The van der Waals surface area contributed by atoms with Crippen LogP contribution in [0.3, 0.4) is 0 Å². The van der Waals surface area contributed by atoms with E-state index in [0.717, 1.165) is 0 Å². The number of hydrogen-bond donors (Lipinski definition) is 1. The molecule has 0 radical (unpaired) electrons. The molecule has 0 saturated heterocycles. The van der Waals surface area contributed by atoms with Gasteiger partial charge in [-0.3, -0.25) is 4.79 Å². The van der Waals surface area contributed by atoms with Gasteiger partial charge in [0.1, 0.15) is 5.75 Å². The number of benzene rings is 1. The molecule has 98 valence electrons. The van der Waals surface area contributed by atoms with Crippen LogP contribution in [0.5, 0.6) is 5.75 Å². The molecule has 0 spiro atoms. The van der Waals surface area contributed by atoms with Gasteiger partial charge in [-0.1, -0.05) is 6.07 Å². The number of carbonyl (C=O) groups is 1. The summed E-state index contributed by atoms with van der Waals surface area (Å²) in [5.41, 5.74) is 1.30. The summed E-state index contributed by atoms with van der Waals surface area (Å²) >= 11 is 0. The van der Waals surface area contributed by atoms with Gasteiger partial charge in [0.05, 0.1) is 12.0 Å². The third-order valence-electron chi connectivity index (χ3n) is 2.84. The van der Waals surface area contributed by atoms with Crippen molar-refractivity contribution >= 4 is 5.78 Å². The van der Waals surface area contributed by atoms with Crippen LogP contribution in [0.2, 0.25) is 0 Å². The summed E-state index contributed by atoms with van der Waals surface area (Å²) in [6.07, 6.45) is -6.13. The van der Waals surface area contributed by atoms with Crippen molar-refractivity contribution in [1.82, 2.24) is 0 Å². The average Bonchev–Trinajstić information content (AvgIpc) is 2.12. The molecule has 18 heavy (non-hydrogen) atoms. The summed E-state index contributed by atoms with van der Waals surface area (Å²) < 4.78 is 42.6. The Hall–Kier alpha value is -1.56. The third kappa shape index (κ3) is 1.86. The highest BCUT2D eigenvalue weighted by Crippen LogP contribution is 2.42. The lowest BCUT2D eigenvalue weighted by molar-refractivity contribution is -0.334. The first-order valence-electron chi connectivity index (χ1n) is 5.26. The van der Waals surface area contributed by atoms with Crippen LogP contribution in [0.25, 0.3) is 0 Å². The number of aryl methyl sites for hydroxylation is 2. The zero-order valence-electron chi connectivity index (χ0n) is 9.76. The second kappa shape index (κ2) is 3.71. The molecule has 1 aromatic carbocycles. The highest BCUT2D eigenvalue weighted by Gasteiger charge is 2.60. The van der Waals surface area contributed by atoms with E-state index >= 15 is 0 Å². The van der Waals surface area contributed by atoms with E-state index < -0.39 is 24.2 Å². The van der Waals surface area contributed by atoms with Crippen molar-refractivity contribution in [3.63, 3.8) is 0 Å². The summed E-state index contributed by atoms with van der Waals surface area (Å²) in [5.74, 6) is -4.42. The van der Waals surface area contributed by atoms with Gasteiger partial charge in [0.2, 0.25) is 0 Å². The molecule has 1 aliphatic rings. The highest BCUT2D eigenvalue weighted by atomic mass is 19.4. The standard InChI is InChI=1S/C12H11F3O3/c1-6-3-7(2)10-8(16)5-11(17,12(13,14)15)18-9(10)4-6/h3-4,17H,5H2,1-2H3/t11-/m0/s1. The fraction of sp³-hybridized carbons (Fsp3) is 0.417. The van der Waals surface area contributed by atoms with E-state index in [-0.39, 0.29) is 11.3 Å². The zero-order chi connectivity index (χ0) is 13.7. The lowest BCUT2D eigenvalue weighted by Gasteiger charge is -2.35. The SMILES string of the molecule is Cc1cc(C)c2c(c1)O[C@](O)(C(F)(F)F)CC2=O. The van der Waals surface area contributed by atoms with Gasteiger partial charge >= 0.3 is 12.0 Å². The molecule has 0 aliphatic carbocycles. The molecule has 1 heterocycles.